The van der Waals surface area contributed by atoms with Crippen molar-refractivity contribution in [3.63, 3.8) is 0 Å². The zero-order valence-electron chi connectivity index (χ0n) is 9.81. The predicted octanol–water partition coefficient (Wildman–Crippen LogP) is 0.769. The highest BCUT2D eigenvalue weighted by molar-refractivity contribution is 5.91. The SMILES string of the molecule is CC(=O)N(CCN)c1ccc2c(c1)OCCO2. The number of rotatable bonds is 3. The maximum atomic E-state index is 11.5. The fourth-order valence-corrected chi connectivity index (χ4v) is 1.80. The van der Waals surface area contributed by atoms with E-state index in [1.807, 2.05) is 18.2 Å². The number of carbonyl (C=O) groups excluding carboxylic acids is 1. The third-order valence-electron chi connectivity index (χ3n) is 2.57. The van der Waals surface area contributed by atoms with E-state index in [4.69, 9.17) is 15.2 Å². The molecule has 0 aromatic heterocycles. The summed E-state index contributed by atoms with van der Waals surface area (Å²) in [6.07, 6.45) is 0. The first-order valence-electron chi connectivity index (χ1n) is 5.60. The topological polar surface area (TPSA) is 64.8 Å². The summed E-state index contributed by atoms with van der Waals surface area (Å²) in [5, 5.41) is 0. The van der Waals surface area contributed by atoms with Crippen LogP contribution < -0.4 is 20.1 Å². The van der Waals surface area contributed by atoms with E-state index in [2.05, 4.69) is 0 Å². The van der Waals surface area contributed by atoms with Crippen LogP contribution in [0.25, 0.3) is 0 Å². The first-order valence-corrected chi connectivity index (χ1v) is 5.60. The smallest absolute Gasteiger partial charge is 0.223 e. The molecule has 0 saturated heterocycles. The first-order chi connectivity index (χ1) is 8.22. The van der Waals surface area contributed by atoms with E-state index in [9.17, 15) is 4.79 Å². The largest absolute Gasteiger partial charge is 0.486 e. The van der Waals surface area contributed by atoms with Crippen molar-refractivity contribution in [2.24, 2.45) is 5.73 Å². The molecule has 0 radical (unpaired) electrons. The van der Waals surface area contributed by atoms with E-state index in [-0.39, 0.29) is 5.91 Å². The molecule has 1 aliphatic rings. The number of benzene rings is 1. The van der Waals surface area contributed by atoms with Gasteiger partial charge in [0.2, 0.25) is 5.91 Å². The van der Waals surface area contributed by atoms with Gasteiger partial charge in [0.1, 0.15) is 13.2 Å². The van der Waals surface area contributed by atoms with Crippen molar-refractivity contribution in [1.82, 2.24) is 0 Å². The molecule has 2 N–H and O–H groups in total. The van der Waals surface area contributed by atoms with Crippen LogP contribution in [0, 0.1) is 0 Å². The molecule has 5 nitrogen and oxygen atoms in total. The van der Waals surface area contributed by atoms with Crippen molar-refractivity contribution >= 4 is 11.6 Å². The van der Waals surface area contributed by atoms with Crippen LogP contribution in [-0.4, -0.2) is 32.2 Å². The maximum absolute atomic E-state index is 11.5. The zero-order valence-corrected chi connectivity index (χ0v) is 9.81. The summed E-state index contributed by atoms with van der Waals surface area (Å²) in [5.41, 5.74) is 6.28. The Balaban J connectivity index is 2.28. The molecular weight excluding hydrogens is 220 g/mol. The second-order valence-electron chi connectivity index (χ2n) is 3.79. The minimum Gasteiger partial charge on any atom is -0.486 e. The van der Waals surface area contributed by atoms with Crippen LogP contribution in [0.2, 0.25) is 0 Å². The van der Waals surface area contributed by atoms with Gasteiger partial charge < -0.3 is 20.1 Å². The van der Waals surface area contributed by atoms with Crippen molar-refractivity contribution in [2.45, 2.75) is 6.92 Å². The van der Waals surface area contributed by atoms with Crippen molar-refractivity contribution in [2.75, 3.05) is 31.2 Å². The lowest BCUT2D eigenvalue weighted by atomic mass is 10.2. The molecule has 92 valence electrons. The summed E-state index contributed by atoms with van der Waals surface area (Å²) in [6, 6.07) is 5.46. The molecule has 2 rings (SSSR count). The van der Waals surface area contributed by atoms with Crippen LogP contribution >= 0.6 is 0 Å². The van der Waals surface area contributed by atoms with E-state index >= 15 is 0 Å². The number of carbonyl (C=O) groups is 1. The van der Waals surface area contributed by atoms with Crippen molar-refractivity contribution < 1.29 is 14.3 Å². The van der Waals surface area contributed by atoms with Gasteiger partial charge in [-0.05, 0) is 12.1 Å². The van der Waals surface area contributed by atoms with E-state index in [0.717, 1.165) is 11.4 Å². The van der Waals surface area contributed by atoms with Gasteiger partial charge in [-0.3, -0.25) is 4.79 Å². The van der Waals surface area contributed by atoms with Gasteiger partial charge in [0.05, 0.1) is 0 Å². The Morgan fingerprint density at radius 3 is 2.71 bits per heavy atom. The normalized spacial score (nSPS) is 13.3. The number of hydrogen-bond acceptors (Lipinski definition) is 4. The molecule has 0 bridgehead atoms. The van der Waals surface area contributed by atoms with Crippen molar-refractivity contribution in [1.29, 1.82) is 0 Å². The third kappa shape index (κ3) is 2.50. The quantitative estimate of drug-likeness (QED) is 0.842. The molecule has 1 aliphatic heterocycles. The molecule has 1 aromatic rings. The highest BCUT2D eigenvalue weighted by atomic mass is 16.6. The second kappa shape index (κ2) is 5.05. The van der Waals surface area contributed by atoms with Gasteiger partial charge in [-0.2, -0.15) is 0 Å². The van der Waals surface area contributed by atoms with Crippen molar-refractivity contribution in [3.05, 3.63) is 18.2 Å². The predicted molar refractivity (Wildman–Crippen MR) is 64.5 cm³/mol. The molecule has 0 unspecified atom stereocenters. The first kappa shape index (κ1) is 11.7. The Labute approximate surface area is 100 Å². The molecule has 0 fully saturated rings. The van der Waals surface area contributed by atoms with Crippen LogP contribution in [0.15, 0.2) is 18.2 Å². The summed E-state index contributed by atoms with van der Waals surface area (Å²) < 4.78 is 10.9. The molecule has 0 atom stereocenters. The summed E-state index contributed by atoms with van der Waals surface area (Å²) in [6.45, 7) is 3.54. The molecule has 17 heavy (non-hydrogen) atoms. The zero-order chi connectivity index (χ0) is 12.3. The molecular formula is C12H16N2O3. The second-order valence-corrected chi connectivity index (χ2v) is 3.79. The average Bonchev–Trinajstić information content (AvgIpc) is 2.35. The number of anilines is 1. The minimum atomic E-state index is -0.0351. The third-order valence-corrected chi connectivity index (χ3v) is 2.57. The molecule has 0 spiro atoms. The highest BCUT2D eigenvalue weighted by Crippen LogP contribution is 2.33. The van der Waals surface area contributed by atoms with E-state index in [1.165, 1.54) is 6.92 Å². The van der Waals surface area contributed by atoms with Crippen molar-refractivity contribution in [3.8, 4) is 11.5 Å². The number of fused-ring (bicyclic) bond motifs is 1. The number of nitrogens with two attached hydrogens (primary N) is 1. The number of amides is 1. The summed E-state index contributed by atoms with van der Waals surface area (Å²) >= 11 is 0. The van der Waals surface area contributed by atoms with Crippen LogP contribution in [0.5, 0.6) is 11.5 Å². The van der Waals surface area contributed by atoms with E-state index in [0.29, 0.717) is 32.1 Å². The van der Waals surface area contributed by atoms with Gasteiger partial charge in [-0.15, -0.1) is 0 Å². The van der Waals surface area contributed by atoms with Crippen LogP contribution in [0.3, 0.4) is 0 Å². The van der Waals surface area contributed by atoms with E-state index in [1.54, 1.807) is 4.90 Å². The summed E-state index contributed by atoms with van der Waals surface area (Å²) in [5.74, 6) is 1.36. The Hall–Kier alpha value is -1.75. The molecule has 1 aromatic carbocycles. The van der Waals surface area contributed by atoms with Gasteiger partial charge in [0, 0.05) is 31.8 Å². The molecule has 1 heterocycles. The summed E-state index contributed by atoms with van der Waals surface area (Å²) in [7, 11) is 0. The Morgan fingerprint density at radius 1 is 1.35 bits per heavy atom. The lowest BCUT2D eigenvalue weighted by Gasteiger charge is -2.24. The Morgan fingerprint density at radius 2 is 2.06 bits per heavy atom. The fraction of sp³-hybridized carbons (Fsp3) is 0.417. The van der Waals surface area contributed by atoms with Crippen LogP contribution in [0.4, 0.5) is 5.69 Å². The molecule has 5 heteroatoms. The van der Waals surface area contributed by atoms with Crippen LogP contribution in [-0.2, 0) is 4.79 Å². The van der Waals surface area contributed by atoms with E-state index < -0.39 is 0 Å². The number of nitrogens with zero attached hydrogens (tertiary/aromatic N) is 1. The Kier molecular flexibility index (Phi) is 3.49. The highest BCUT2D eigenvalue weighted by Gasteiger charge is 2.16. The average molecular weight is 236 g/mol. The van der Waals surface area contributed by atoms with Gasteiger partial charge in [0.15, 0.2) is 11.5 Å². The standard InChI is InChI=1S/C12H16N2O3/c1-9(15)14(5-4-13)10-2-3-11-12(8-10)17-7-6-16-11/h2-3,8H,4-7,13H2,1H3. The van der Waals surface area contributed by atoms with Gasteiger partial charge in [-0.1, -0.05) is 0 Å². The monoisotopic (exact) mass is 236 g/mol. The lowest BCUT2D eigenvalue weighted by Crippen LogP contribution is -2.33. The van der Waals surface area contributed by atoms with Gasteiger partial charge >= 0.3 is 0 Å². The molecule has 1 amide bonds. The van der Waals surface area contributed by atoms with Crippen LogP contribution in [0.1, 0.15) is 6.92 Å². The maximum Gasteiger partial charge on any atom is 0.223 e. The fourth-order valence-electron chi connectivity index (χ4n) is 1.80. The molecule has 0 aliphatic carbocycles. The number of hydrogen-bond donors (Lipinski definition) is 1. The number of ether oxygens (including phenoxy) is 2. The lowest BCUT2D eigenvalue weighted by molar-refractivity contribution is -0.116. The van der Waals surface area contributed by atoms with Gasteiger partial charge in [0.25, 0.3) is 0 Å². The summed E-state index contributed by atoms with van der Waals surface area (Å²) in [4.78, 5) is 13.1. The Bertz CT molecular complexity index is 420. The molecule has 0 saturated carbocycles. The van der Waals surface area contributed by atoms with Gasteiger partial charge in [-0.25, -0.2) is 0 Å². The minimum absolute atomic E-state index is 0.0351.